The summed E-state index contributed by atoms with van der Waals surface area (Å²) in [5, 5.41) is 0. The molecule has 9 heteroatoms. The summed E-state index contributed by atoms with van der Waals surface area (Å²) >= 11 is 0. The summed E-state index contributed by atoms with van der Waals surface area (Å²) < 4.78 is 86.0. The average molecular weight is 295 g/mol. The molecule has 0 aromatic heterocycles. The molecule has 0 spiro atoms. The van der Waals surface area contributed by atoms with E-state index in [1.54, 1.807) is 0 Å². The molecule has 0 aromatic rings. The summed E-state index contributed by atoms with van der Waals surface area (Å²) in [5.41, 5.74) is -1.36. The lowest BCUT2D eigenvalue weighted by Crippen LogP contribution is -2.56. The highest BCUT2D eigenvalue weighted by atomic mass is 19.4. The number of carbonyl (C=O) groups is 2. The van der Waals surface area contributed by atoms with E-state index in [1.165, 1.54) is 20.8 Å². The van der Waals surface area contributed by atoms with Gasteiger partial charge in [-0.3, -0.25) is 9.59 Å². The maximum atomic E-state index is 12.8. The van der Waals surface area contributed by atoms with E-state index in [2.05, 4.69) is 0 Å². The molecule has 0 rings (SSSR count). The highest BCUT2D eigenvalue weighted by Gasteiger charge is 2.75. The van der Waals surface area contributed by atoms with Crippen LogP contribution < -0.4 is 0 Å². The van der Waals surface area contributed by atoms with Gasteiger partial charge in [-0.2, -0.15) is 30.7 Å². The largest absolute Gasteiger partial charge is 0.460 e. The van der Waals surface area contributed by atoms with Crippen molar-refractivity contribution in [3.63, 3.8) is 0 Å². The Morgan fingerprint density at radius 3 is 1.42 bits per heavy atom. The van der Waals surface area contributed by atoms with Gasteiger partial charge in [0, 0.05) is 5.41 Å². The third kappa shape index (κ3) is 3.44. The number of Topliss-reactive ketones (excluding diaryl/α,β-unsaturated/α-hetero) is 2. The lowest BCUT2D eigenvalue weighted by molar-refractivity contribution is -0.342. The quantitative estimate of drug-likeness (QED) is 0.589. The predicted molar refractivity (Wildman–Crippen MR) is 49.7 cm³/mol. The summed E-state index contributed by atoms with van der Waals surface area (Å²) in [4.78, 5) is 22.0. The third-order valence-corrected chi connectivity index (χ3v) is 2.06. The number of alkyl halides is 7. The van der Waals surface area contributed by atoms with E-state index in [0.717, 1.165) is 0 Å². The Hall–Kier alpha value is -1.15. The molecule has 111 valence electrons. The topological polar surface area (TPSA) is 34.1 Å². The molecular formula is C10H10F7O2. The summed E-state index contributed by atoms with van der Waals surface area (Å²) in [7, 11) is 0. The molecule has 1 radical (unpaired) electrons. The molecule has 0 saturated heterocycles. The summed E-state index contributed by atoms with van der Waals surface area (Å²) in [6.45, 7) is 3.54. The molecular weight excluding hydrogens is 285 g/mol. The second-order valence-corrected chi connectivity index (χ2v) is 4.77. The van der Waals surface area contributed by atoms with Gasteiger partial charge in [-0.25, -0.2) is 0 Å². The van der Waals surface area contributed by atoms with Gasteiger partial charge in [-0.1, -0.05) is 20.8 Å². The number of rotatable bonds is 4. The van der Waals surface area contributed by atoms with E-state index in [-0.39, 0.29) is 0 Å². The van der Waals surface area contributed by atoms with Gasteiger partial charge in [0.25, 0.3) is 0 Å². The van der Waals surface area contributed by atoms with Crippen LogP contribution in [0.15, 0.2) is 0 Å². The zero-order chi connectivity index (χ0) is 15.9. The van der Waals surface area contributed by atoms with Crippen molar-refractivity contribution in [3.05, 3.63) is 6.42 Å². The van der Waals surface area contributed by atoms with Crippen LogP contribution in [0.3, 0.4) is 0 Å². The van der Waals surface area contributed by atoms with Crippen molar-refractivity contribution in [1.82, 2.24) is 0 Å². The molecule has 19 heavy (non-hydrogen) atoms. The van der Waals surface area contributed by atoms with Crippen molar-refractivity contribution in [3.8, 4) is 0 Å². The maximum Gasteiger partial charge on any atom is 0.460 e. The van der Waals surface area contributed by atoms with E-state index in [1.807, 2.05) is 0 Å². The predicted octanol–water partition coefficient (Wildman–Crippen LogP) is 3.21. The zero-order valence-corrected chi connectivity index (χ0v) is 10.0. The molecule has 0 heterocycles. The molecule has 0 aliphatic carbocycles. The fourth-order valence-corrected chi connectivity index (χ4v) is 0.759. The second kappa shape index (κ2) is 4.75. The number of hydrogen-bond acceptors (Lipinski definition) is 2. The fourth-order valence-electron chi connectivity index (χ4n) is 0.759. The van der Waals surface area contributed by atoms with Gasteiger partial charge in [-0.15, -0.1) is 0 Å². The summed E-state index contributed by atoms with van der Waals surface area (Å²) in [6, 6.07) is 0. The van der Waals surface area contributed by atoms with E-state index in [0.29, 0.717) is 0 Å². The first-order valence-corrected chi connectivity index (χ1v) is 4.81. The first-order valence-electron chi connectivity index (χ1n) is 4.81. The van der Waals surface area contributed by atoms with E-state index >= 15 is 0 Å². The van der Waals surface area contributed by atoms with Crippen LogP contribution in [0.2, 0.25) is 0 Å². The molecule has 0 aromatic carbocycles. The van der Waals surface area contributed by atoms with E-state index in [4.69, 9.17) is 0 Å². The average Bonchev–Trinajstić information content (AvgIpc) is 2.13. The van der Waals surface area contributed by atoms with Crippen molar-refractivity contribution >= 4 is 11.6 Å². The van der Waals surface area contributed by atoms with E-state index in [9.17, 15) is 40.3 Å². The van der Waals surface area contributed by atoms with Gasteiger partial charge < -0.3 is 0 Å². The van der Waals surface area contributed by atoms with Crippen molar-refractivity contribution < 1.29 is 40.3 Å². The van der Waals surface area contributed by atoms with Crippen LogP contribution in [0.25, 0.3) is 0 Å². The third-order valence-electron chi connectivity index (χ3n) is 2.06. The van der Waals surface area contributed by atoms with Crippen molar-refractivity contribution in [1.29, 1.82) is 0 Å². The van der Waals surface area contributed by atoms with Gasteiger partial charge in [0.1, 0.15) is 12.2 Å². The fraction of sp³-hybridized carbons (Fsp3) is 0.700. The van der Waals surface area contributed by atoms with Crippen LogP contribution in [-0.4, -0.2) is 29.6 Å². The normalized spacial score (nSPS) is 14.4. The van der Waals surface area contributed by atoms with Crippen molar-refractivity contribution in [2.24, 2.45) is 5.41 Å². The lowest BCUT2D eigenvalue weighted by Gasteiger charge is -2.27. The highest BCUT2D eigenvalue weighted by molar-refractivity contribution is 6.15. The number of carbonyl (C=O) groups excluding carboxylic acids is 2. The maximum absolute atomic E-state index is 12.8. The Morgan fingerprint density at radius 1 is 0.789 bits per heavy atom. The molecule has 0 bridgehead atoms. The Kier molecular flexibility index (Phi) is 4.46. The monoisotopic (exact) mass is 295 g/mol. The number of halogens is 7. The SMILES string of the molecule is CC(C)(C)C(=O)[CH]C(=O)C(F)(F)C(F)(F)C(F)(F)F. The Labute approximate surface area is 104 Å². The Bertz CT molecular complexity index is 376. The van der Waals surface area contributed by atoms with Crippen molar-refractivity contribution in [2.75, 3.05) is 0 Å². The molecule has 0 amide bonds. The molecule has 0 aliphatic rings. The Morgan fingerprint density at radius 2 is 1.16 bits per heavy atom. The smallest absolute Gasteiger partial charge is 0.298 e. The standard InChI is InChI=1S/C10H10F7O2/c1-7(2,3)5(18)4-6(19)8(11,12)9(13,14)10(15,16)17/h4H,1-3H3. The van der Waals surface area contributed by atoms with Crippen LogP contribution >= 0.6 is 0 Å². The van der Waals surface area contributed by atoms with Gasteiger partial charge in [-0.05, 0) is 0 Å². The van der Waals surface area contributed by atoms with Gasteiger partial charge in [0.2, 0.25) is 5.78 Å². The first-order chi connectivity index (χ1) is 8.05. The molecule has 0 aliphatic heterocycles. The number of hydrogen-bond donors (Lipinski definition) is 0. The Balaban J connectivity index is 5.25. The van der Waals surface area contributed by atoms with Crippen LogP contribution in [-0.2, 0) is 9.59 Å². The second-order valence-electron chi connectivity index (χ2n) is 4.77. The van der Waals surface area contributed by atoms with Gasteiger partial charge in [0.05, 0.1) is 0 Å². The number of ketones is 2. The minimum Gasteiger partial charge on any atom is -0.298 e. The minimum atomic E-state index is -6.61. The summed E-state index contributed by atoms with van der Waals surface area (Å²) in [6.07, 6.45) is -7.04. The molecule has 0 saturated carbocycles. The van der Waals surface area contributed by atoms with E-state index < -0.39 is 41.4 Å². The van der Waals surface area contributed by atoms with Crippen molar-refractivity contribution in [2.45, 2.75) is 38.8 Å². The molecule has 2 nitrogen and oxygen atoms in total. The molecule has 0 N–H and O–H groups in total. The van der Waals surface area contributed by atoms with Crippen LogP contribution in [0, 0.1) is 11.8 Å². The first kappa shape index (κ1) is 17.8. The summed E-state index contributed by atoms with van der Waals surface area (Å²) in [5.74, 6) is -16.7. The van der Waals surface area contributed by atoms with Gasteiger partial charge in [0.15, 0.2) is 0 Å². The van der Waals surface area contributed by atoms with Crippen LogP contribution in [0.1, 0.15) is 20.8 Å². The molecule has 0 unspecified atom stereocenters. The molecule has 0 fully saturated rings. The molecule has 0 atom stereocenters. The highest BCUT2D eigenvalue weighted by Crippen LogP contribution is 2.47. The lowest BCUT2D eigenvalue weighted by atomic mass is 9.86. The van der Waals surface area contributed by atoms with Gasteiger partial charge >= 0.3 is 18.0 Å². The minimum absolute atomic E-state index is 0.431. The van der Waals surface area contributed by atoms with Crippen LogP contribution in [0.5, 0.6) is 0 Å². The zero-order valence-electron chi connectivity index (χ0n) is 10.0. The van der Waals surface area contributed by atoms with Crippen LogP contribution in [0.4, 0.5) is 30.7 Å².